The molecule has 4 atom stereocenters. The largest absolute Gasteiger partial charge is 0.396 e. The molecule has 0 amide bonds. The molecule has 2 bridgehead atoms. The van der Waals surface area contributed by atoms with Crippen molar-refractivity contribution in [2.45, 2.75) is 50.1 Å². The minimum atomic E-state index is 0.0688. The lowest BCUT2D eigenvalue weighted by molar-refractivity contribution is 0.144. The van der Waals surface area contributed by atoms with E-state index < -0.39 is 0 Å². The first-order valence-corrected chi connectivity index (χ1v) is 7.82. The summed E-state index contributed by atoms with van der Waals surface area (Å²) in [4.78, 5) is 0. The summed E-state index contributed by atoms with van der Waals surface area (Å²) in [5, 5.41) is 13.6. The minimum Gasteiger partial charge on any atom is -0.396 e. The zero-order valence-corrected chi connectivity index (χ0v) is 11.4. The molecule has 0 aromatic heterocycles. The zero-order chi connectivity index (χ0) is 12.9. The number of rotatable bonds is 2. The standard InChI is InChI=1S/C17H23NO/c19-10-9-17-14-7-3-1-5-12(14)11-16(18-17)13-6-2-4-8-15(13)17/h1,3,5,7,13,15-16,18-19H,2,4,6,8-11H2/t13-,15+,16-,17+/m1/s1. The summed E-state index contributed by atoms with van der Waals surface area (Å²) in [7, 11) is 0. The molecule has 102 valence electrons. The van der Waals surface area contributed by atoms with E-state index in [0.717, 1.165) is 18.3 Å². The molecule has 2 N–H and O–H groups in total. The van der Waals surface area contributed by atoms with Gasteiger partial charge in [0.15, 0.2) is 0 Å². The quantitative estimate of drug-likeness (QED) is 0.853. The van der Waals surface area contributed by atoms with Crippen LogP contribution in [0.2, 0.25) is 0 Å². The van der Waals surface area contributed by atoms with Crippen LogP contribution in [0.25, 0.3) is 0 Å². The summed E-state index contributed by atoms with van der Waals surface area (Å²) in [5.41, 5.74) is 3.07. The lowest BCUT2D eigenvalue weighted by Gasteiger charge is -2.41. The summed E-state index contributed by atoms with van der Waals surface area (Å²) in [5.74, 6) is 1.56. The molecule has 1 saturated carbocycles. The summed E-state index contributed by atoms with van der Waals surface area (Å²) < 4.78 is 0. The van der Waals surface area contributed by atoms with Crippen molar-refractivity contribution < 1.29 is 5.11 Å². The van der Waals surface area contributed by atoms with E-state index in [-0.39, 0.29) is 12.1 Å². The maximum atomic E-state index is 9.61. The monoisotopic (exact) mass is 257 g/mol. The second-order valence-electron chi connectivity index (χ2n) is 6.61. The number of nitrogens with one attached hydrogen (secondary N) is 1. The maximum absolute atomic E-state index is 9.61. The van der Waals surface area contributed by atoms with E-state index in [0.29, 0.717) is 6.04 Å². The van der Waals surface area contributed by atoms with Crippen molar-refractivity contribution in [1.29, 1.82) is 0 Å². The van der Waals surface area contributed by atoms with Crippen LogP contribution in [0.15, 0.2) is 24.3 Å². The van der Waals surface area contributed by atoms with Gasteiger partial charge in [0, 0.05) is 18.2 Å². The molecule has 4 rings (SSSR count). The smallest absolute Gasteiger partial charge is 0.0493 e. The number of fused-ring (bicyclic) bond motifs is 7. The Morgan fingerprint density at radius 2 is 2.05 bits per heavy atom. The first-order chi connectivity index (χ1) is 9.35. The lowest BCUT2D eigenvalue weighted by atomic mass is 9.68. The van der Waals surface area contributed by atoms with Crippen molar-refractivity contribution in [3.63, 3.8) is 0 Å². The molecule has 19 heavy (non-hydrogen) atoms. The highest BCUT2D eigenvalue weighted by Gasteiger charge is 2.56. The third kappa shape index (κ3) is 1.56. The van der Waals surface area contributed by atoms with Crippen LogP contribution in [0, 0.1) is 11.8 Å². The fourth-order valence-electron chi connectivity index (χ4n) is 5.22. The number of benzene rings is 1. The van der Waals surface area contributed by atoms with E-state index in [2.05, 4.69) is 29.6 Å². The molecule has 1 aromatic carbocycles. The molecular weight excluding hydrogens is 234 g/mol. The van der Waals surface area contributed by atoms with E-state index in [1.807, 2.05) is 0 Å². The fourth-order valence-corrected chi connectivity index (χ4v) is 5.22. The first-order valence-electron chi connectivity index (χ1n) is 7.82. The van der Waals surface area contributed by atoms with Crippen LogP contribution in [0.5, 0.6) is 0 Å². The summed E-state index contributed by atoms with van der Waals surface area (Å²) in [6.07, 6.45) is 7.54. The minimum absolute atomic E-state index is 0.0688. The Balaban J connectivity index is 1.85. The normalized spacial score (nSPS) is 39.7. The molecule has 0 spiro atoms. The molecular formula is C17H23NO. The molecule has 1 saturated heterocycles. The molecule has 2 nitrogen and oxygen atoms in total. The second-order valence-corrected chi connectivity index (χ2v) is 6.61. The highest BCUT2D eigenvalue weighted by Crippen LogP contribution is 2.54. The van der Waals surface area contributed by atoms with Crippen LogP contribution < -0.4 is 5.32 Å². The van der Waals surface area contributed by atoms with Gasteiger partial charge in [0.2, 0.25) is 0 Å². The Morgan fingerprint density at radius 1 is 1.21 bits per heavy atom. The summed E-state index contributed by atoms with van der Waals surface area (Å²) >= 11 is 0. The van der Waals surface area contributed by atoms with Gasteiger partial charge in [-0.3, -0.25) is 0 Å². The molecule has 0 radical (unpaired) electrons. The molecule has 1 aliphatic carbocycles. The SMILES string of the molecule is OCC[C@]12N[C@H](Cc3ccccc31)[C@@H]1CCCC[C@@H]12. The maximum Gasteiger partial charge on any atom is 0.0493 e. The Bertz CT molecular complexity index is 486. The van der Waals surface area contributed by atoms with Crippen molar-refractivity contribution in [2.24, 2.45) is 11.8 Å². The van der Waals surface area contributed by atoms with E-state index in [4.69, 9.17) is 0 Å². The highest BCUT2D eigenvalue weighted by molar-refractivity contribution is 5.41. The predicted molar refractivity (Wildman–Crippen MR) is 75.9 cm³/mol. The van der Waals surface area contributed by atoms with E-state index in [1.54, 1.807) is 0 Å². The van der Waals surface area contributed by atoms with Crippen LogP contribution >= 0.6 is 0 Å². The van der Waals surface area contributed by atoms with Gasteiger partial charge in [-0.05, 0) is 48.6 Å². The van der Waals surface area contributed by atoms with E-state index in [9.17, 15) is 5.11 Å². The fraction of sp³-hybridized carbons (Fsp3) is 0.647. The topological polar surface area (TPSA) is 32.3 Å². The van der Waals surface area contributed by atoms with E-state index >= 15 is 0 Å². The van der Waals surface area contributed by atoms with E-state index in [1.165, 1.54) is 43.2 Å². The van der Waals surface area contributed by atoms with Gasteiger partial charge in [-0.15, -0.1) is 0 Å². The Hall–Kier alpha value is -0.860. The van der Waals surface area contributed by atoms with Crippen molar-refractivity contribution in [3.05, 3.63) is 35.4 Å². The average Bonchev–Trinajstić information content (AvgIpc) is 2.71. The van der Waals surface area contributed by atoms with Gasteiger partial charge in [-0.25, -0.2) is 0 Å². The van der Waals surface area contributed by atoms with Crippen molar-refractivity contribution >= 4 is 0 Å². The Morgan fingerprint density at radius 3 is 2.95 bits per heavy atom. The first kappa shape index (κ1) is 11.9. The van der Waals surface area contributed by atoms with Crippen LogP contribution in [-0.4, -0.2) is 17.8 Å². The zero-order valence-electron chi connectivity index (χ0n) is 11.4. The molecule has 2 heterocycles. The summed E-state index contributed by atoms with van der Waals surface area (Å²) in [6, 6.07) is 9.57. The lowest BCUT2D eigenvalue weighted by Crippen LogP contribution is -2.49. The molecule has 2 fully saturated rings. The van der Waals surface area contributed by atoms with Crippen LogP contribution in [0.3, 0.4) is 0 Å². The summed E-state index contributed by atoms with van der Waals surface area (Å²) in [6.45, 7) is 0.289. The van der Waals surface area contributed by atoms with Gasteiger partial charge < -0.3 is 10.4 Å². The van der Waals surface area contributed by atoms with Crippen LogP contribution in [0.4, 0.5) is 0 Å². The highest BCUT2D eigenvalue weighted by atomic mass is 16.3. The van der Waals surface area contributed by atoms with Gasteiger partial charge in [-0.2, -0.15) is 0 Å². The van der Waals surface area contributed by atoms with Gasteiger partial charge in [0.1, 0.15) is 0 Å². The van der Waals surface area contributed by atoms with Crippen molar-refractivity contribution in [3.8, 4) is 0 Å². The van der Waals surface area contributed by atoms with Crippen LogP contribution in [0.1, 0.15) is 43.2 Å². The number of aliphatic hydroxyl groups is 1. The Kier molecular flexibility index (Phi) is 2.71. The number of aliphatic hydroxyl groups excluding tert-OH is 1. The van der Waals surface area contributed by atoms with Crippen molar-refractivity contribution in [1.82, 2.24) is 5.32 Å². The number of hydrogen-bond acceptors (Lipinski definition) is 2. The molecule has 0 unspecified atom stereocenters. The van der Waals surface area contributed by atoms with Crippen molar-refractivity contribution in [2.75, 3.05) is 6.61 Å². The van der Waals surface area contributed by atoms with Gasteiger partial charge in [0.25, 0.3) is 0 Å². The van der Waals surface area contributed by atoms with Gasteiger partial charge in [-0.1, -0.05) is 37.1 Å². The van der Waals surface area contributed by atoms with Gasteiger partial charge in [0.05, 0.1) is 0 Å². The van der Waals surface area contributed by atoms with Gasteiger partial charge >= 0.3 is 0 Å². The molecule has 3 aliphatic rings. The predicted octanol–water partition coefficient (Wildman–Crippen LogP) is 2.60. The third-order valence-electron chi connectivity index (χ3n) is 5.86. The average molecular weight is 257 g/mol. The Labute approximate surface area is 115 Å². The second kappa shape index (κ2) is 4.32. The third-order valence-corrected chi connectivity index (χ3v) is 5.86. The number of hydrogen-bond donors (Lipinski definition) is 2. The van der Waals surface area contributed by atoms with Crippen LogP contribution in [-0.2, 0) is 12.0 Å². The molecule has 1 aromatic rings. The molecule has 2 heteroatoms. The molecule has 2 aliphatic heterocycles.